The summed E-state index contributed by atoms with van der Waals surface area (Å²) in [4.78, 5) is 4.17. The molecule has 0 atom stereocenters. The molecule has 1 aromatic rings. The van der Waals surface area contributed by atoms with Crippen LogP contribution >= 0.6 is 24.0 Å². The van der Waals surface area contributed by atoms with Crippen LogP contribution in [0.15, 0.2) is 29.3 Å². The van der Waals surface area contributed by atoms with Gasteiger partial charge in [-0.05, 0) is 30.9 Å². The van der Waals surface area contributed by atoms with Crippen molar-refractivity contribution in [3.8, 4) is 5.75 Å². The number of benzene rings is 1. The summed E-state index contributed by atoms with van der Waals surface area (Å²) < 4.78 is 40.1. The van der Waals surface area contributed by atoms with Gasteiger partial charge in [0.2, 0.25) is 0 Å². The predicted molar refractivity (Wildman–Crippen MR) is 86.0 cm³/mol. The maximum atomic E-state index is 12.1. The lowest BCUT2D eigenvalue weighted by atomic mass is 9.86. The van der Waals surface area contributed by atoms with Gasteiger partial charge in [0, 0.05) is 18.3 Å². The molecule has 0 aliphatic heterocycles. The van der Waals surface area contributed by atoms with Crippen molar-refractivity contribution in [2.45, 2.75) is 25.6 Å². The number of rotatable bonds is 4. The van der Waals surface area contributed by atoms with Crippen molar-refractivity contribution in [2.24, 2.45) is 16.6 Å². The topological polar surface area (TPSA) is 59.6 Å². The molecule has 0 saturated heterocycles. The van der Waals surface area contributed by atoms with E-state index in [1.807, 2.05) is 0 Å². The van der Waals surface area contributed by atoms with Gasteiger partial charge in [0.25, 0.3) is 0 Å². The molecular formula is C13H17F3IN3O. The number of ether oxygens (including phenoxy) is 1. The summed E-state index contributed by atoms with van der Waals surface area (Å²) in [5.41, 5.74) is 6.09. The van der Waals surface area contributed by atoms with E-state index in [0.29, 0.717) is 18.2 Å². The highest BCUT2D eigenvalue weighted by atomic mass is 127. The number of nitrogens with one attached hydrogen (secondary N) is 1. The normalized spacial score (nSPS) is 15.9. The molecule has 4 nitrogen and oxygen atoms in total. The third-order valence-corrected chi connectivity index (χ3v) is 3.08. The molecule has 0 unspecified atom stereocenters. The molecule has 8 heteroatoms. The molecule has 0 aromatic heterocycles. The highest BCUT2D eigenvalue weighted by molar-refractivity contribution is 14.0. The van der Waals surface area contributed by atoms with Crippen molar-refractivity contribution >= 4 is 35.6 Å². The second kappa shape index (κ2) is 7.71. The van der Waals surface area contributed by atoms with E-state index in [9.17, 15) is 13.2 Å². The van der Waals surface area contributed by atoms with Crippen molar-refractivity contribution in [1.29, 1.82) is 0 Å². The second-order valence-electron chi connectivity index (χ2n) is 4.72. The van der Waals surface area contributed by atoms with Gasteiger partial charge in [0.05, 0.1) is 0 Å². The molecule has 0 amide bonds. The molecule has 3 N–H and O–H groups in total. The molecule has 118 valence electrons. The molecule has 1 aliphatic rings. The Bertz CT molecular complexity index is 490. The fourth-order valence-electron chi connectivity index (χ4n) is 1.86. The summed E-state index contributed by atoms with van der Waals surface area (Å²) >= 11 is 0. The molecule has 1 saturated carbocycles. The van der Waals surface area contributed by atoms with Crippen LogP contribution in [0.3, 0.4) is 0 Å². The van der Waals surface area contributed by atoms with Gasteiger partial charge < -0.3 is 15.8 Å². The Morgan fingerprint density at radius 3 is 2.67 bits per heavy atom. The monoisotopic (exact) mass is 415 g/mol. The SMILES string of the molecule is I.NC(=NCC1CCC1)Nc1cccc(OC(F)(F)F)c1. The maximum Gasteiger partial charge on any atom is 0.573 e. The molecule has 0 bridgehead atoms. The van der Waals surface area contributed by atoms with Crippen LogP contribution in [0.1, 0.15) is 19.3 Å². The van der Waals surface area contributed by atoms with Crippen molar-refractivity contribution in [3.63, 3.8) is 0 Å². The minimum Gasteiger partial charge on any atom is -0.406 e. The zero-order valence-electron chi connectivity index (χ0n) is 11.2. The average Bonchev–Trinajstić information content (AvgIpc) is 2.24. The highest BCUT2D eigenvalue weighted by Crippen LogP contribution is 2.26. The third-order valence-electron chi connectivity index (χ3n) is 3.08. The van der Waals surface area contributed by atoms with E-state index < -0.39 is 6.36 Å². The summed E-state index contributed by atoms with van der Waals surface area (Å²) in [5.74, 6) is 0.477. The molecule has 21 heavy (non-hydrogen) atoms. The zero-order valence-corrected chi connectivity index (χ0v) is 13.5. The van der Waals surface area contributed by atoms with E-state index in [-0.39, 0.29) is 35.7 Å². The minimum absolute atomic E-state index is 0. The van der Waals surface area contributed by atoms with Crippen LogP contribution in [-0.4, -0.2) is 18.9 Å². The smallest absolute Gasteiger partial charge is 0.406 e. The number of alkyl halides is 3. The Kier molecular flexibility index (Phi) is 6.56. The quantitative estimate of drug-likeness (QED) is 0.448. The third kappa shape index (κ3) is 6.40. The van der Waals surface area contributed by atoms with Gasteiger partial charge in [-0.3, -0.25) is 4.99 Å². The molecule has 1 fully saturated rings. The van der Waals surface area contributed by atoms with Gasteiger partial charge in [-0.1, -0.05) is 12.5 Å². The van der Waals surface area contributed by atoms with Crippen molar-refractivity contribution in [3.05, 3.63) is 24.3 Å². The Balaban J connectivity index is 0.00000220. The van der Waals surface area contributed by atoms with E-state index in [0.717, 1.165) is 12.8 Å². The molecule has 1 aliphatic carbocycles. The van der Waals surface area contributed by atoms with Gasteiger partial charge >= 0.3 is 6.36 Å². The first-order valence-electron chi connectivity index (χ1n) is 6.35. The average molecular weight is 415 g/mol. The Hall–Kier alpha value is -1.19. The molecule has 0 radical (unpaired) electrons. The minimum atomic E-state index is -4.71. The maximum absolute atomic E-state index is 12.1. The van der Waals surface area contributed by atoms with Crippen molar-refractivity contribution in [2.75, 3.05) is 11.9 Å². The molecule has 0 spiro atoms. The number of hydrogen-bond acceptors (Lipinski definition) is 2. The lowest BCUT2D eigenvalue weighted by molar-refractivity contribution is -0.274. The van der Waals surface area contributed by atoms with E-state index in [1.54, 1.807) is 6.07 Å². The number of halogens is 4. The standard InChI is InChI=1S/C13H16F3N3O.HI/c14-13(15,16)20-11-6-2-5-10(7-11)19-12(17)18-8-9-3-1-4-9;/h2,5-7,9H,1,3-4,8H2,(H3,17,18,19);1H. The first kappa shape index (κ1) is 17.9. The molecular weight excluding hydrogens is 398 g/mol. The van der Waals surface area contributed by atoms with Gasteiger partial charge in [-0.25, -0.2) is 0 Å². The lowest BCUT2D eigenvalue weighted by Gasteiger charge is -2.23. The number of guanidine groups is 1. The van der Waals surface area contributed by atoms with E-state index in [1.165, 1.54) is 24.6 Å². The van der Waals surface area contributed by atoms with E-state index in [2.05, 4.69) is 15.0 Å². The summed E-state index contributed by atoms with van der Waals surface area (Å²) in [7, 11) is 0. The van der Waals surface area contributed by atoms with Crippen LogP contribution < -0.4 is 15.8 Å². The number of hydrogen-bond donors (Lipinski definition) is 2. The molecule has 0 heterocycles. The van der Waals surface area contributed by atoms with Gasteiger partial charge in [0.1, 0.15) is 5.75 Å². The van der Waals surface area contributed by atoms with Crippen molar-refractivity contribution in [1.82, 2.24) is 0 Å². The Morgan fingerprint density at radius 2 is 2.10 bits per heavy atom. The highest BCUT2D eigenvalue weighted by Gasteiger charge is 2.31. The van der Waals surface area contributed by atoms with E-state index in [4.69, 9.17) is 5.73 Å². The number of aliphatic imine (C=N–C) groups is 1. The fraction of sp³-hybridized carbons (Fsp3) is 0.462. The Morgan fingerprint density at radius 1 is 1.38 bits per heavy atom. The summed E-state index contributed by atoms with van der Waals surface area (Å²) in [5, 5.41) is 2.75. The number of nitrogens with zero attached hydrogens (tertiary/aromatic N) is 1. The van der Waals surface area contributed by atoms with Crippen molar-refractivity contribution < 1.29 is 17.9 Å². The zero-order chi connectivity index (χ0) is 14.6. The van der Waals surface area contributed by atoms with Crippen LogP contribution in [0.5, 0.6) is 5.75 Å². The molecule has 2 rings (SSSR count). The summed E-state index contributed by atoms with van der Waals surface area (Å²) in [6.07, 6.45) is -1.16. The summed E-state index contributed by atoms with van der Waals surface area (Å²) in [6.45, 7) is 0.650. The second-order valence-corrected chi connectivity index (χ2v) is 4.72. The Labute approximate surface area is 138 Å². The van der Waals surface area contributed by atoms with Gasteiger partial charge in [-0.2, -0.15) is 0 Å². The van der Waals surface area contributed by atoms with Crippen LogP contribution in [0.2, 0.25) is 0 Å². The van der Waals surface area contributed by atoms with Crippen LogP contribution in [-0.2, 0) is 0 Å². The first-order chi connectivity index (χ1) is 9.42. The number of nitrogens with two attached hydrogens (primary N) is 1. The van der Waals surface area contributed by atoms with Crippen LogP contribution in [0, 0.1) is 5.92 Å². The largest absolute Gasteiger partial charge is 0.573 e. The van der Waals surface area contributed by atoms with E-state index >= 15 is 0 Å². The van der Waals surface area contributed by atoms with Crippen LogP contribution in [0.4, 0.5) is 18.9 Å². The fourth-order valence-corrected chi connectivity index (χ4v) is 1.86. The van der Waals surface area contributed by atoms with Crippen LogP contribution in [0.25, 0.3) is 0 Å². The van der Waals surface area contributed by atoms with Gasteiger partial charge in [-0.15, -0.1) is 37.1 Å². The predicted octanol–water partition coefficient (Wildman–Crippen LogP) is 3.73. The molecule has 1 aromatic carbocycles. The summed E-state index contributed by atoms with van der Waals surface area (Å²) in [6, 6.07) is 5.48. The number of anilines is 1. The van der Waals surface area contributed by atoms with Gasteiger partial charge in [0.15, 0.2) is 5.96 Å². The lowest BCUT2D eigenvalue weighted by Crippen LogP contribution is -2.25. The first-order valence-corrected chi connectivity index (χ1v) is 6.35.